The number of hydrogen-bond acceptors (Lipinski definition) is 3. The molecule has 4 nitrogen and oxygen atoms in total. The second-order valence-electron chi connectivity index (χ2n) is 4.63. The van der Waals surface area contributed by atoms with E-state index in [1.807, 2.05) is 20.8 Å². The molecule has 0 saturated carbocycles. The van der Waals surface area contributed by atoms with Crippen LogP contribution in [0.1, 0.15) is 31.1 Å². The fourth-order valence-electron chi connectivity index (χ4n) is 1.37. The summed E-state index contributed by atoms with van der Waals surface area (Å²) in [6.45, 7) is 9.86. The summed E-state index contributed by atoms with van der Waals surface area (Å²) in [4.78, 5) is 11.8. The quantitative estimate of drug-likeness (QED) is 0.621. The highest BCUT2D eigenvalue weighted by Crippen LogP contribution is 2.23. The molecule has 4 heteroatoms. The Hall–Kier alpha value is -1.97. The van der Waals surface area contributed by atoms with Gasteiger partial charge >= 0.3 is 0 Å². The summed E-state index contributed by atoms with van der Waals surface area (Å²) in [5.74, 6) is 0.433. The Labute approximate surface area is 108 Å². The van der Waals surface area contributed by atoms with Crippen LogP contribution in [0.3, 0.4) is 0 Å². The van der Waals surface area contributed by atoms with E-state index in [-0.39, 0.29) is 11.9 Å². The highest BCUT2D eigenvalue weighted by molar-refractivity contribution is 5.95. The molecule has 3 N–H and O–H groups in total. The monoisotopic (exact) mass is 248 g/mol. The van der Waals surface area contributed by atoms with E-state index in [0.29, 0.717) is 23.6 Å². The molecule has 0 atom stereocenters. The van der Waals surface area contributed by atoms with E-state index >= 15 is 0 Å². The number of carbonyl (C=O) groups is 1. The van der Waals surface area contributed by atoms with Gasteiger partial charge in [0.2, 0.25) is 0 Å². The van der Waals surface area contributed by atoms with Gasteiger partial charge in [0.25, 0.3) is 5.91 Å². The lowest BCUT2D eigenvalue weighted by Crippen LogP contribution is -2.30. The van der Waals surface area contributed by atoms with Gasteiger partial charge in [0.15, 0.2) is 0 Å². The second-order valence-corrected chi connectivity index (χ2v) is 4.63. The zero-order chi connectivity index (χ0) is 13.7. The predicted octanol–water partition coefficient (Wildman–Crippen LogP) is 2.36. The van der Waals surface area contributed by atoms with Crippen molar-refractivity contribution in [3.8, 4) is 5.75 Å². The highest BCUT2D eigenvalue weighted by Gasteiger charge is 2.09. The zero-order valence-electron chi connectivity index (χ0n) is 11.1. The van der Waals surface area contributed by atoms with Gasteiger partial charge in [-0.25, -0.2) is 0 Å². The third-order valence-electron chi connectivity index (χ3n) is 2.17. The number of nitrogens with one attached hydrogen (secondary N) is 1. The first kappa shape index (κ1) is 14.1. The maximum atomic E-state index is 11.8. The zero-order valence-corrected chi connectivity index (χ0v) is 11.1. The van der Waals surface area contributed by atoms with E-state index in [2.05, 4.69) is 11.9 Å². The number of rotatable bonds is 5. The van der Waals surface area contributed by atoms with Crippen molar-refractivity contribution in [1.29, 1.82) is 0 Å². The normalized spacial score (nSPS) is 10.2. The minimum atomic E-state index is -0.136. The summed E-state index contributed by atoms with van der Waals surface area (Å²) in [5, 5.41) is 2.81. The van der Waals surface area contributed by atoms with Gasteiger partial charge in [-0.15, -0.1) is 0 Å². The lowest BCUT2D eigenvalue weighted by atomic mass is 10.1. The van der Waals surface area contributed by atoms with Crippen molar-refractivity contribution in [2.75, 3.05) is 12.3 Å². The standard InChI is InChI=1S/C14H20N2O2/c1-9(2)8-18-13-6-5-11(7-12(13)15)14(17)16-10(3)4/h5-7,10H,1,8,15H2,2-4H3,(H,16,17). The van der Waals surface area contributed by atoms with Gasteiger partial charge in [-0.2, -0.15) is 0 Å². The smallest absolute Gasteiger partial charge is 0.251 e. The molecule has 0 spiro atoms. The summed E-state index contributed by atoms with van der Waals surface area (Å²) in [6, 6.07) is 5.11. The highest BCUT2D eigenvalue weighted by atomic mass is 16.5. The average molecular weight is 248 g/mol. The molecule has 0 aliphatic carbocycles. The number of amides is 1. The fourth-order valence-corrected chi connectivity index (χ4v) is 1.37. The molecule has 0 fully saturated rings. The summed E-state index contributed by atoms with van der Waals surface area (Å²) in [7, 11) is 0. The molecule has 1 rings (SSSR count). The van der Waals surface area contributed by atoms with Crippen molar-refractivity contribution < 1.29 is 9.53 Å². The van der Waals surface area contributed by atoms with E-state index in [4.69, 9.17) is 10.5 Å². The molecule has 1 amide bonds. The molecule has 98 valence electrons. The summed E-state index contributed by atoms with van der Waals surface area (Å²) >= 11 is 0. The number of hydrogen-bond donors (Lipinski definition) is 2. The number of benzene rings is 1. The van der Waals surface area contributed by atoms with Crippen molar-refractivity contribution in [2.45, 2.75) is 26.8 Å². The Kier molecular flexibility index (Phi) is 4.77. The van der Waals surface area contributed by atoms with Crippen molar-refractivity contribution in [3.05, 3.63) is 35.9 Å². The van der Waals surface area contributed by atoms with Gasteiger partial charge in [-0.3, -0.25) is 4.79 Å². The van der Waals surface area contributed by atoms with Crippen LogP contribution in [0.25, 0.3) is 0 Å². The molecule has 0 aliphatic heterocycles. The average Bonchev–Trinajstić information content (AvgIpc) is 2.26. The van der Waals surface area contributed by atoms with E-state index in [0.717, 1.165) is 5.57 Å². The molecule has 18 heavy (non-hydrogen) atoms. The second kappa shape index (κ2) is 6.10. The molecule has 0 aliphatic rings. The van der Waals surface area contributed by atoms with Crippen LogP contribution in [0, 0.1) is 0 Å². The summed E-state index contributed by atoms with van der Waals surface area (Å²) in [5.41, 5.74) is 7.74. The van der Waals surface area contributed by atoms with E-state index < -0.39 is 0 Å². The van der Waals surface area contributed by atoms with Crippen LogP contribution >= 0.6 is 0 Å². The molecule has 0 heterocycles. The molecule has 0 unspecified atom stereocenters. The van der Waals surface area contributed by atoms with Gasteiger partial charge in [-0.05, 0) is 44.5 Å². The van der Waals surface area contributed by atoms with Gasteiger partial charge in [0.1, 0.15) is 12.4 Å². The van der Waals surface area contributed by atoms with Gasteiger partial charge in [0, 0.05) is 11.6 Å². The maximum absolute atomic E-state index is 11.8. The van der Waals surface area contributed by atoms with Crippen LogP contribution in [0.4, 0.5) is 5.69 Å². The molecule has 0 saturated heterocycles. The topological polar surface area (TPSA) is 64.3 Å². The van der Waals surface area contributed by atoms with E-state index in [1.54, 1.807) is 18.2 Å². The van der Waals surface area contributed by atoms with Gasteiger partial charge in [0.05, 0.1) is 5.69 Å². The number of nitrogens with two attached hydrogens (primary N) is 1. The number of carbonyl (C=O) groups excluding carboxylic acids is 1. The first-order chi connectivity index (χ1) is 8.40. The lowest BCUT2D eigenvalue weighted by molar-refractivity contribution is 0.0943. The first-order valence-corrected chi connectivity index (χ1v) is 5.87. The Balaban J connectivity index is 2.78. The number of anilines is 1. The van der Waals surface area contributed by atoms with Gasteiger partial charge < -0.3 is 15.8 Å². The SMILES string of the molecule is C=C(C)COc1ccc(C(=O)NC(C)C)cc1N. The molecular weight excluding hydrogens is 228 g/mol. The number of ether oxygens (including phenoxy) is 1. The van der Waals surface area contributed by atoms with Crippen LogP contribution in [0.2, 0.25) is 0 Å². The Morgan fingerprint density at radius 1 is 1.50 bits per heavy atom. The van der Waals surface area contributed by atoms with Crippen molar-refractivity contribution in [3.63, 3.8) is 0 Å². The van der Waals surface area contributed by atoms with Crippen LogP contribution in [0.5, 0.6) is 5.75 Å². The third kappa shape index (κ3) is 4.13. The van der Waals surface area contributed by atoms with Crippen LogP contribution in [-0.4, -0.2) is 18.6 Å². The molecular formula is C14H20N2O2. The van der Waals surface area contributed by atoms with Crippen LogP contribution in [-0.2, 0) is 0 Å². The number of nitrogen functional groups attached to an aromatic ring is 1. The predicted molar refractivity (Wildman–Crippen MR) is 73.8 cm³/mol. The molecule has 0 aromatic heterocycles. The van der Waals surface area contributed by atoms with Crippen molar-refractivity contribution in [1.82, 2.24) is 5.32 Å². The van der Waals surface area contributed by atoms with Gasteiger partial charge in [-0.1, -0.05) is 6.58 Å². The Morgan fingerprint density at radius 2 is 2.17 bits per heavy atom. The fraction of sp³-hybridized carbons (Fsp3) is 0.357. The van der Waals surface area contributed by atoms with Crippen LogP contribution in [0.15, 0.2) is 30.4 Å². The largest absolute Gasteiger partial charge is 0.487 e. The minimum Gasteiger partial charge on any atom is -0.487 e. The van der Waals surface area contributed by atoms with Crippen LogP contribution < -0.4 is 15.8 Å². The van der Waals surface area contributed by atoms with E-state index in [9.17, 15) is 4.79 Å². The molecule has 0 bridgehead atoms. The summed E-state index contributed by atoms with van der Waals surface area (Å²) < 4.78 is 5.46. The summed E-state index contributed by atoms with van der Waals surface area (Å²) in [6.07, 6.45) is 0. The minimum absolute atomic E-state index is 0.0954. The Morgan fingerprint density at radius 3 is 2.67 bits per heavy atom. The van der Waals surface area contributed by atoms with E-state index in [1.165, 1.54) is 0 Å². The third-order valence-corrected chi connectivity index (χ3v) is 2.17. The molecule has 1 aromatic carbocycles. The Bertz CT molecular complexity index is 453. The lowest BCUT2D eigenvalue weighted by Gasteiger charge is -2.11. The van der Waals surface area contributed by atoms with Crippen molar-refractivity contribution >= 4 is 11.6 Å². The van der Waals surface area contributed by atoms with Crippen molar-refractivity contribution in [2.24, 2.45) is 0 Å². The molecule has 0 radical (unpaired) electrons. The maximum Gasteiger partial charge on any atom is 0.251 e. The first-order valence-electron chi connectivity index (χ1n) is 5.87. The molecule has 1 aromatic rings.